The minimum Gasteiger partial charge on any atom is -0.506 e. The average molecular weight is 318 g/mol. The van der Waals surface area contributed by atoms with Crippen molar-refractivity contribution in [3.05, 3.63) is 77.1 Å². The minimum absolute atomic E-state index is 0.193. The summed E-state index contributed by atoms with van der Waals surface area (Å²) in [6, 6.07) is 17.7. The molecule has 3 rings (SSSR count). The Morgan fingerprint density at radius 3 is 2.50 bits per heavy atom. The first-order valence-corrected chi connectivity index (χ1v) is 8.21. The summed E-state index contributed by atoms with van der Waals surface area (Å²) < 4.78 is 2.27. The Bertz CT molecular complexity index is 891. The Morgan fingerprint density at radius 1 is 1.04 bits per heavy atom. The zero-order valence-corrected chi connectivity index (χ0v) is 14.3. The van der Waals surface area contributed by atoms with Gasteiger partial charge in [-0.2, -0.15) is 0 Å². The second-order valence-corrected chi connectivity index (χ2v) is 5.89. The number of aromatic hydroxyl groups is 1. The molecule has 0 spiro atoms. The fraction of sp³-hybridized carbons (Fsp3) is 0.190. The van der Waals surface area contributed by atoms with Crippen LogP contribution >= 0.6 is 0 Å². The van der Waals surface area contributed by atoms with Gasteiger partial charge in [0.2, 0.25) is 0 Å². The predicted molar refractivity (Wildman–Crippen MR) is 100.0 cm³/mol. The van der Waals surface area contributed by atoms with Crippen molar-refractivity contribution in [2.45, 2.75) is 27.2 Å². The largest absolute Gasteiger partial charge is 0.506 e. The number of hydrogen-bond donors (Lipinski definition) is 1. The van der Waals surface area contributed by atoms with Gasteiger partial charge in [-0.25, -0.2) is 0 Å². The Balaban J connectivity index is 2.03. The molecular weight excluding hydrogens is 296 g/mol. The van der Waals surface area contributed by atoms with Crippen LogP contribution in [0.3, 0.4) is 0 Å². The first-order valence-electron chi connectivity index (χ1n) is 8.21. The van der Waals surface area contributed by atoms with E-state index in [9.17, 15) is 5.11 Å². The van der Waals surface area contributed by atoms with Crippen LogP contribution in [0.5, 0.6) is 5.75 Å². The summed E-state index contributed by atoms with van der Waals surface area (Å²) >= 11 is 0. The number of nitrogens with zero attached hydrogens (tertiary/aromatic N) is 2. The van der Waals surface area contributed by atoms with E-state index >= 15 is 0 Å². The van der Waals surface area contributed by atoms with E-state index in [-0.39, 0.29) is 5.75 Å². The van der Waals surface area contributed by atoms with Crippen LogP contribution in [-0.2, 0) is 6.42 Å². The Kier molecular flexibility index (Phi) is 4.52. The lowest BCUT2D eigenvalue weighted by Gasteiger charge is -2.13. The number of aromatic nitrogens is 1. The number of phenolic OH excluding ortho intramolecular Hbond substituents is 1. The molecule has 0 bridgehead atoms. The monoisotopic (exact) mass is 318 g/mol. The molecule has 0 aliphatic carbocycles. The predicted octanol–water partition coefficient (Wildman–Crippen LogP) is 5.11. The molecular formula is C21H22N2O. The Hall–Kier alpha value is -2.81. The number of phenols is 1. The molecule has 0 aliphatic heterocycles. The van der Waals surface area contributed by atoms with Crippen molar-refractivity contribution in [3.8, 4) is 11.4 Å². The molecule has 2 aromatic carbocycles. The van der Waals surface area contributed by atoms with E-state index in [0.29, 0.717) is 5.69 Å². The summed E-state index contributed by atoms with van der Waals surface area (Å²) in [5.41, 5.74) is 6.50. The molecule has 0 saturated heterocycles. The van der Waals surface area contributed by atoms with Crippen molar-refractivity contribution in [1.29, 1.82) is 0 Å². The van der Waals surface area contributed by atoms with Gasteiger partial charge in [0.15, 0.2) is 0 Å². The molecule has 3 aromatic rings. The summed E-state index contributed by atoms with van der Waals surface area (Å²) in [5, 5.41) is 9.84. The number of rotatable bonds is 4. The highest BCUT2D eigenvalue weighted by molar-refractivity contribution is 5.85. The fourth-order valence-corrected chi connectivity index (χ4v) is 3.03. The topological polar surface area (TPSA) is 37.5 Å². The second kappa shape index (κ2) is 6.75. The molecule has 3 heteroatoms. The Morgan fingerprint density at radius 2 is 1.75 bits per heavy atom. The van der Waals surface area contributed by atoms with Crippen LogP contribution in [0.15, 0.2) is 59.6 Å². The number of aliphatic imine (C=N–C) groups is 1. The highest BCUT2D eigenvalue weighted by Gasteiger charge is 2.11. The summed E-state index contributed by atoms with van der Waals surface area (Å²) in [7, 11) is 0. The van der Waals surface area contributed by atoms with E-state index in [2.05, 4.69) is 60.7 Å². The van der Waals surface area contributed by atoms with Crippen LogP contribution < -0.4 is 0 Å². The van der Waals surface area contributed by atoms with Gasteiger partial charge in [-0.05, 0) is 50.1 Å². The highest BCUT2D eigenvalue weighted by atomic mass is 16.3. The van der Waals surface area contributed by atoms with Gasteiger partial charge in [0.1, 0.15) is 11.4 Å². The third-order valence-corrected chi connectivity index (χ3v) is 4.31. The molecule has 1 aromatic heterocycles. The SMILES string of the molecule is CCc1ccccc1-n1c(C)cc(C=Nc2ccccc2O)c1C. The lowest BCUT2D eigenvalue weighted by atomic mass is 10.1. The maximum atomic E-state index is 9.84. The van der Waals surface area contributed by atoms with Gasteiger partial charge >= 0.3 is 0 Å². The van der Waals surface area contributed by atoms with Crippen LogP contribution in [0.2, 0.25) is 0 Å². The molecule has 1 N–H and O–H groups in total. The quantitative estimate of drug-likeness (QED) is 0.667. The van der Waals surface area contributed by atoms with Gasteiger partial charge in [-0.1, -0.05) is 37.3 Å². The first kappa shape index (κ1) is 16.1. The standard InChI is InChI=1S/C21H22N2O/c1-4-17-9-5-7-11-20(17)23-15(2)13-18(16(23)3)14-22-19-10-6-8-12-21(19)24/h5-14,24H,4H2,1-3H3. The first-order chi connectivity index (χ1) is 11.6. The van der Waals surface area contributed by atoms with E-state index < -0.39 is 0 Å². The molecule has 0 saturated carbocycles. The van der Waals surface area contributed by atoms with Gasteiger partial charge < -0.3 is 9.67 Å². The smallest absolute Gasteiger partial charge is 0.141 e. The van der Waals surface area contributed by atoms with Gasteiger partial charge in [0, 0.05) is 28.9 Å². The fourth-order valence-electron chi connectivity index (χ4n) is 3.03. The number of benzene rings is 2. The summed E-state index contributed by atoms with van der Waals surface area (Å²) in [6.07, 6.45) is 2.82. The molecule has 24 heavy (non-hydrogen) atoms. The normalized spacial score (nSPS) is 11.3. The van der Waals surface area contributed by atoms with E-state index in [1.807, 2.05) is 12.3 Å². The lowest BCUT2D eigenvalue weighted by Crippen LogP contribution is -2.03. The molecule has 122 valence electrons. The second-order valence-electron chi connectivity index (χ2n) is 5.89. The molecule has 0 unspecified atom stereocenters. The summed E-state index contributed by atoms with van der Waals surface area (Å²) in [4.78, 5) is 4.44. The molecule has 0 radical (unpaired) electrons. The van der Waals surface area contributed by atoms with Crippen molar-refractivity contribution in [3.63, 3.8) is 0 Å². The van der Waals surface area contributed by atoms with E-state index in [1.54, 1.807) is 18.2 Å². The van der Waals surface area contributed by atoms with E-state index in [0.717, 1.165) is 17.7 Å². The zero-order valence-electron chi connectivity index (χ0n) is 14.3. The van der Waals surface area contributed by atoms with Crippen molar-refractivity contribution in [2.75, 3.05) is 0 Å². The highest BCUT2D eigenvalue weighted by Crippen LogP contribution is 2.26. The van der Waals surface area contributed by atoms with E-state index in [4.69, 9.17) is 0 Å². The third kappa shape index (κ3) is 2.98. The van der Waals surface area contributed by atoms with Crippen molar-refractivity contribution in [1.82, 2.24) is 4.57 Å². The molecule has 0 aliphatic rings. The van der Waals surface area contributed by atoms with Crippen molar-refractivity contribution >= 4 is 11.9 Å². The van der Waals surface area contributed by atoms with E-state index in [1.165, 1.54) is 16.9 Å². The maximum Gasteiger partial charge on any atom is 0.141 e. The number of hydrogen-bond acceptors (Lipinski definition) is 2. The van der Waals surface area contributed by atoms with Crippen LogP contribution in [0.25, 0.3) is 5.69 Å². The molecule has 1 heterocycles. The van der Waals surface area contributed by atoms with Crippen LogP contribution in [0, 0.1) is 13.8 Å². The molecule has 3 nitrogen and oxygen atoms in total. The number of para-hydroxylation sites is 3. The van der Waals surface area contributed by atoms with Gasteiger partial charge in [0.25, 0.3) is 0 Å². The third-order valence-electron chi connectivity index (χ3n) is 4.31. The summed E-state index contributed by atoms with van der Waals surface area (Å²) in [5.74, 6) is 0.193. The number of aryl methyl sites for hydroxylation is 2. The van der Waals surface area contributed by atoms with Crippen molar-refractivity contribution < 1.29 is 5.11 Å². The van der Waals surface area contributed by atoms with Crippen molar-refractivity contribution in [2.24, 2.45) is 4.99 Å². The lowest BCUT2D eigenvalue weighted by molar-refractivity contribution is 0.477. The van der Waals surface area contributed by atoms with Gasteiger partial charge in [0.05, 0.1) is 0 Å². The van der Waals surface area contributed by atoms with Gasteiger partial charge in [-0.3, -0.25) is 4.99 Å². The van der Waals surface area contributed by atoms with Gasteiger partial charge in [-0.15, -0.1) is 0 Å². The van der Waals surface area contributed by atoms with Crippen LogP contribution in [0.4, 0.5) is 5.69 Å². The van der Waals surface area contributed by atoms with Crippen LogP contribution in [-0.4, -0.2) is 15.9 Å². The molecule has 0 fully saturated rings. The maximum absolute atomic E-state index is 9.84. The molecule has 0 atom stereocenters. The Labute approximate surface area is 142 Å². The average Bonchev–Trinajstić information content (AvgIpc) is 2.88. The van der Waals surface area contributed by atoms with Crippen LogP contribution in [0.1, 0.15) is 29.4 Å². The summed E-state index contributed by atoms with van der Waals surface area (Å²) in [6.45, 7) is 6.38. The zero-order chi connectivity index (χ0) is 17.1. The minimum atomic E-state index is 0.193. The molecule has 0 amide bonds.